The molecule has 94 valence electrons. The standard InChI is InChI=1S/C14H15NO3/c1-4-5-6-13(16)15-12-8-7-10(2)9-11(12)14(17)18-3/h1,7-9H,5-6H2,2-3H3,(H,15,16). The molecule has 0 fully saturated rings. The lowest BCUT2D eigenvalue weighted by Crippen LogP contribution is -2.15. The van der Waals surface area contributed by atoms with E-state index in [1.807, 2.05) is 13.0 Å². The predicted molar refractivity (Wildman–Crippen MR) is 69.2 cm³/mol. The van der Waals surface area contributed by atoms with E-state index in [1.165, 1.54) is 7.11 Å². The van der Waals surface area contributed by atoms with Crippen molar-refractivity contribution in [2.45, 2.75) is 19.8 Å². The highest BCUT2D eigenvalue weighted by Crippen LogP contribution is 2.18. The molecule has 0 atom stereocenters. The van der Waals surface area contributed by atoms with Gasteiger partial charge in [-0.3, -0.25) is 4.79 Å². The number of hydrogen-bond acceptors (Lipinski definition) is 3. The van der Waals surface area contributed by atoms with Gasteiger partial charge in [-0.05, 0) is 19.1 Å². The Labute approximate surface area is 106 Å². The van der Waals surface area contributed by atoms with E-state index in [1.54, 1.807) is 12.1 Å². The van der Waals surface area contributed by atoms with E-state index in [0.29, 0.717) is 17.7 Å². The van der Waals surface area contributed by atoms with Crippen molar-refractivity contribution in [3.63, 3.8) is 0 Å². The molecule has 0 unspecified atom stereocenters. The monoisotopic (exact) mass is 245 g/mol. The third-order valence-corrected chi connectivity index (χ3v) is 2.35. The molecular formula is C14H15NO3. The van der Waals surface area contributed by atoms with E-state index >= 15 is 0 Å². The van der Waals surface area contributed by atoms with Gasteiger partial charge in [0.2, 0.25) is 5.91 Å². The first-order valence-corrected chi connectivity index (χ1v) is 5.50. The van der Waals surface area contributed by atoms with E-state index in [2.05, 4.69) is 16.0 Å². The number of nitrogens with one attached hydrogen (secondary N) is 1. The molecule has 1 aromatic carbocycles. The van der Waals surface area contributed by atoms with Crippen molar-refractivity contribution < 1.29 is 14.3 Å². The number of rotatable bonds is 4. The SMILES string of the molecule is C#CCCC(=O)Nc1ccc(C)cc1C(=O)OC. The van der Waals surface area contributed by atoms with Crippen molar-refractivity contribution in [2.24, 2.45) is 0 Å². The fourth-order valence-corrected chi connectivity index (χ4v) is 1.44. The van der Waals surface area contributed by atoms with Crippen molar-refractivity contribution in [3.8, 4) is 12.3 Å². The molecule has 1 rings (SSSR count). The minimum Gasteiger partial charge on any atom is -0.465 e. The topological polar surface area (TPSA) is 55.4 Å². The number of ether oxygens (including phenoxy) is 1. The van der Waals surface area contributed by atoms with Crippen LogP contribution in [-0.4, -0.2) is 19.0 Å². The fraction of sp³-hybridized carbons (Fsp3) is 0.286. The lowest BCUT2D eigenvalue weighted by Gasteiger charge is -2.10. The number of methoxy groups -OCH3 is 1. The summed E-state index contributed by atoms with van der Waals surface area (Å²) in [5.74, 6) is 1.69. The summed E-state index contributed by atoms with van der Waals surface area (Å²) < 4.78 is 4.67. The van der Waals surface area contributed by atoms with Gasteiger partial charge in [0, 0.05) is 12.8 Å². The van der Waals surface area contributed by atoms with Crippen LogP contribution in [0.15, 0.2) is 18.2 Å². The van der Waals surface area contributed by atoms with Crippen LogP contribution < -0.4 is 5.32 Å². The van der Waals surface area contributed by atoms with Gasteiger partial charge >= 0.3 is 5.97 Å². The number of benzene rings is 1. The van der Waals surface area contributed by atoms with Crippen molar-refractivity contribution in [3.05, 3.63) is 29.3 Å². The summed E-state index contributed by atoms with van der Waals surface area (Å²) >= 11 is 0. The Morgan fingerprint density at radius 3 is 2.78 bits per heavy atom. The molecule has 0 heterocycles. The number of hydrogen-bond donors (Lipinski definition) is 1. The minimum absolute atomic E-state index is 0.220. The Morgan fingerprint density at radius 2 is 2.17 bits per heavy atom. The molecule has 0 bridgehead atoms. The van der Waals surface area contributed by atoms with Gasteiger partial charge < -0.3 is 10.1 Å². The summed E-state index contributed by atoms with van der Waals surface area (Å²) in [5.41, 5.74) is 1.69. The first kappa shape index (κ1) is 13.8. The second-order valence-corrected chi connectivity index (χ2v) is 3.79. The van der Waals surface area contributed by atoms with Gasteiger partial charge in [-0.2, -0.15) is 0 Å². The molecule has 0 aromatic heterocycles. The lowest BCUT2D eigenvalue weighted by molar-refractivity contribution is -0.116. The number of carbonyl (C=O) groups excluding carboxylic acids is 2. The first-order valence-electron chi connectivity index (χ1n) is 5.50. The maximum absolute atomic E-state index is 11.6. The van der Waals surface area contributed by atoms with E-state index in [0.717, 1.165) is 5.56 Å². The van der Waals surface area contributed by atoms with Gasteiger partial charge in [0.15, 0.2) is 0 Å². The smallest absolute Gasteiger partial charge is 0.339 e. The highest BCUT2D eigenvalue weighted by atomic mass is 16.5. The molecule has 0 aliphatic heterocycles. The predicted octanol–water partition coefficient (Wildman–Crippen LogP) is 2.13. The molecule has 1 N–H and O–H groups in total. The molecular weight excluding hydrogens is 230 g/mol. The van der Waals surface area contributed by atoms with Gasteiger partial charge in [0.05, 0.1) is 18.4 Å². The maximum Gasteiger partial charge on any atom is 0.339 e. The number of terminal acetylenes is 1. The molecule has 0 aliphatic rings. The van der Waals surface area contributed by atoms with Gasteiger partial charge in [0.1, 0.15) is 0 Å². The quantitative estimate of drug-likeness (QED) is 0.653. The van der Waals surface area contributed by atoms with E-state index in [-0.39, 0.29) is 12.3 Å². The summed E-state index contributed by atoms with van der Waals surface area (Å²) in [6, 6.07) is 5.15. The Morgan fingerprint density at radius 1 is 1.44 bits per heavy atom. The Kier molecular flexibility index (Phi) is 4.94. The van der Waals surface area contributed by atoms with Gasteiger partial charge in [-0.1, -0.05) is 11.6 Å². The average Bonchev–Trinajstić information content (AvgIpc) is 2.37. The van der Waals surface area contributed by atoms with Crippen LogP contribution in [0.1, 0.15) is 28.8 Å². The summed E-state index contributed by atoms with van der Waals surface area (Å²) in [5, 5.41) is 2.65. The van der Waals surface area contributed by atoms with Crippen LogP contribution in [0, 0.1) is 19.3 Å². The fourth-order valence-electron chi connectivity index (χ4n) is 1.44. The molecule has 1 aromatic rings. The summed E-state index contributed by atoms with van der Waals surface area (Å²) in [4.78, 5) is 23.1. The van der Waals surface area contributed by atoms with Crippen molar-refractivity contribution in [1.29, 1.82) is 0 Å². The van der Waals surface area contributed by atoms with Crippen LogP contribution in [0.4, 0.5) is 5.69 Å². The molecule has 0 radical (unpaired) electrons. The molecule has 0 saturated carbocycles. The van der Waals surface area contributed by atoms with Crippen molar-refractivity contribution >= 4 is 17.6 Å². The molecule has 0 spiro atoms. The van der Waals surface area contributed by atoms with E-state index < -0.39 is 5.97 Å². The number of esters is 1. The van der Waals surface area contributed by atoms with Crippen LogP contribution in [0.3, 0.4) is 0 Å². The Hall–Kier alpha value is -2.28. The molecule has 4 heteroatoms. The number of anilines is 1. The largest absolute Gasteiger partial charge is 0.465 e. The zero-order valence-corrected chi connectivity index (χ0v) is 10.4. The summed E-state index contributed by atoms with van der Waals surface area (Å²) in [7, 11) is 1.30. The van der Waals surface area contributed by atoms with Crippen LogP contribution in [0.25, 0.3) is 0 Å². The lowest BCUT2D eigenvalue weighted by atomic mass is 10.1. The zero-order valence-electron chi connectivity index (χ0n) is 10.4. The number of carbonyl (C=O) groups is 2. The molecule has 0 saturated heterocycles. The van der Waals surface area contributed by atoms with Gasteiger partial charge in [-0.15, -0.1) is 12.3 Å². The van der Waals surface area contributed by atoms with Crippen LogP contribution in [-0.2, 0) is 9.53 Å². The van der Waals surface area contributed by atoms with Gasteiger partial charge in [-0.25, -0.2) is 4.79 Å². The molecule has 4 nitrogen and oxygen atoms in total. The zero-order chi connectivity index (χ0) is 13.5. The van der Waals surface area contributed by atoms with E-state index in [9.17, 15) is 9.59 Å². The third-order valence-electron chi connectivity index (χ3n) is 2.35. The second kappa shape index (κ2) is 6.45. The van der Waals surface area contributed by atoms with Gasteiger partial charge in [0.25, 0.3) is 0 Å². The van der Waals surface area contributed by atoms with Crippen LogP contribution in [0.2, 0.25) is 0 Å². The summed E-state index contributed by atoms with van der Waals surface area (Å²) in [6.45, 7) is 1.86. The third kappa shape index (κ3) is 3.63. The van der Waals surface area contributed by atoms with E-state index in [4.69, 9.17) is 6.42 Å². The average molecular weight is 245 g/mol. The molecule has 0 aliphatic carbocycles. The first-order chi connectivity index (χ1) is 8.58. The highest BCUT2D eigenvalue weighted by Gasteiger charge is 2.13. The van der Waals surface area contributed by atoms with Crippen molar-refractivity contribution in [2.75, 3.05) is 12.4 Å². The summed E-state index contributed by atoms with van der Waals surface area (Å²) in [6.07, 6.45) is 5.68. The minimum atomic E-state index is -0.481. The van der Waals surface area contributed by atoms with Crippen LogP contribution >= 0.6 is 0 Å². The normalized spacial score (nSPS) is 9.39. The maximum atomic E-state index is 11.6. The number of amides is 1. The highest BCUT2D eigenvalue weighted by molar-refractivity contribution is 6.01. The molecule has 18 heavy (non-hydrogen) atoms. The Bertz CT molecular complexity index is 500. The number of aryl methyl sites for hydroxylation is 1. The molecule has 1 amide bonds. The van der Waals surface area contributed by atoms with Crippen molar-refractivity contribution in [1.82, 2.24) is 0 Å². The van der Waals surface area contributed by atoms with Crippen LogP contribution in [0.5, 0.6) is 0 Å². The second-order valence-electron chi connectivity index (χ2n) is 3.79. The Balaban J connectivity index is 2.91.